The van der Waals surface area contributed by atoms with E-state index in [1.54, 1.807) is 22.9 Å². The van der Waals surface area contributed by atoms with E-state index in [-0.39, 0.29) is 0 Å². The van der Waals surface area contributed by atoms with E-state index in [9.17, 15) is 0 Å². The third-order valence-corrected chi connectivity index (χ3v) is 6.44. The molecular weight excluding hydrogens is 195 g/mol. The van der Waals surface area contributed by atoms with Crippen molar-refractivity contribution in [2.75, 3.05) is 21.1 Å². The van der Waals surface area contributed by atoms with Crippen molar-refractivity contribution in [3.8, 4) is 0 Å². The molecule has 0 saturated carbocycles. The monoisotopic (exact) mass is 208 g/mol. The molecule has 1 heterocycles. The fraction of sp³-hybridized carbons (Fsp3) is 0.750. The number of hydrazine groups is 2. The van der Waals surface area contributed by atoms with E-state index >= 15 is 0 Å². The Morgan fingerprint density at radius 3 is 2.58 bits per heavy atom. The highest BCUT2D eigenvalue weighted by Gasteiger charge is 2.32. The van der Waals surface area contributed by atoms with E-state index in [0.29, 0.717) is 0 Å². The van der Waals surface area contributed by atoms with Crippen LogP contribution in [-0.4, -0.2) is 41.8 Å². The lowest BCUT2D eigenvalue weighted by Crippen LogP contribution is -2.46. The Kier molecular flexibility index (Phi) is 2.70. The molecule has 1 atom stereocenters. The van der Waals surface area contributed by atoms with Crippen molar-refractivity contribution >= 4 is 24.6 Å². The quantitative estimate of drug-likeness (QED) is 0.339. The average Bonchev–Trinajstić information content (AvgIpc) is 1.99. The second-order valence-corrected chi connectivity index (χ2v) is 6.78. The largest absolute Gasteiger partial charge is 0.301 e. The van der Waals surface area contributed by atoms with Crippen molar-refractivity contribution in [2.45, 2.75) is 0 Å². The van der Waals surface area contributed by atoms with Crippen molar-refractivity contribution in [1.82, 2.24) is 19.8 Å². The summed E-state index contributed by atoms with van der Waals surface area (Å²) >= 11 is 5.41. The highest BCUT2D eigenvalue weighted by atomic mass is 32.4. The van der Waals surface area contributed by atoms with Crippen molar-refractivity contribution < 1.29 is 0 Å². The van der Waals surface area contributed by atoms with E-state index < -0.39 is 6.49 Å². The Bertz CT molecular complexity index is 240. The molecule has 1 aliphatic rings. The summed E-state index contributed by atoms with van der Waals surface area (Å²) in [6.45, 7) is -2.07. The van der Waals surface area contributed by atoms with Gasteiger partial charge in [-0.2, -0.15) is 14.7 Å². The van der Waals surface area contributed by atoms with E-state index in [4.69, 9.17) is 17.6 Å². The molecule has 0 fully saturated rings. The van der Waals surface area contributed by atoms with E-state index in [0.717, 1.165) is 0 Å². The molecule has 8 heteroatoms. The van der Waals surface area contributed by atoms with Gasteiger partial charge in [-0.05, 0) is 11.8 Å². The lowest BCUT2D eigenvalue weighted by atomic mass is 11.3. The molecule has 6 nitrogen and oxygen atoms in total. The molecule has 0 amide bonds. The molecule has 0 saturated heterocycles. The van der Waals surface area contributed by atoms with Gasteiger partial charge < -0.3 is 5.43 Å². The number of hydrazone groups is 1. The van der Waals surface area contributed by atoms with Crippen LogP contribution in [0.4, 0.5) is 0 Å². The number of hydrogen-bond acceptors (Lipinski definition) is 4. The molecule has 1 aliphatic heterocycles. The first-order valence-electron chi connectivity index (χ1n) is 3.35. The Balaban J connectivity index is 3.00. The summed E-state index contributed by atoms with van der Waals surface area (Å²) in [7, 11) is 5.42. The van der Waals surface area contributed by atoms with Crippen LogP contribution in [0.15, 0.2) is 5.10 Å². The zero-order valence-electron chi connectivity index (χ0n) is 7.30. The summed E-state index contributed by atoms with van der Waals surface area (Å²) in [5.74, 6) is 5.66. The third kappa shape index (κ3) is 1.34. The highest BCUT2D eigenvalue weighted by molar-refractivity contribution is 8.11. The van der Waals surface area contributed by atoms with Gasteiger partial charge in [0.15, 0.2) is 0 Å². The highest BCUT2D eigenvalue weighted by Crippen LogP contribution is 2.52. The van der Waals surface area contributed by atoms with Crippen LogP contribution < -0.4 is 11.3 Å². The minimum atomic E-state index is -2.07. The summed E-state index contributed by atoms with van der Waals surface area (Å²) in [4.78, 5) is 0. The molecule has 70 valence electrons. The molecule has 0 aromatic rings. The predicted octanol–water partition coefficient (Wildman–Crippen LogP) is -0.658. The molecule has 0 aliphatic carbocycles. The molecule has 1 unspecified atom stereocenters. The van der Waals surface area contributed by atoms with E-state index in [1.165, 1.54) is 4.78 Å². The van der Waals surface area contributed by atoms with Crippen LogP contribution in [0.3, 0.4) is 0 Å². The van der Waals surface area contributed by atoms with E-state index in [1.807, 2.05) is 14.1 Å². The maximum absolute atomic E-state index is 5.66. The number of hydrogen-bond donors (Lipinski definition) is 2. The minimum absolute atomic E-state index is 1.52. The number of nitrogens with zero attached hydrogens (tertiary/aromatic N) is 4. The van der Waals surface area contributed by atoms with Crippen LogP contribution in [-0.2, 0) is 11.8 Å². The van der Waals surface area contributed by atoms with Gasteiger partial charge in [0.1, 0.15) is 6.34 Å². The Morgan fingerprint density at radius 2 is 2.25 bits per heavy atom. The molecular formula is C4H13N6PS. The minimum Gasteiger partial charge on any atom is -0.301 e. The first-order chi connectivity index (χ1) is 5.49. The van der Waals surface area contributed by atoms with Gasteiger partial charge in [-0.3, -0.25) is 5.84 Å². The van der Waals surface area contributed by atoms with E-state index in [2.05, 4.69) is 10.5 Å². The fourth-order valence-corrected chi connectivity index (χ4v) is 2.82. The average molecular weight is 208 g/mol. The van der Waals surface area contributed by atoms with Gasteiger partial charge in [0.25, 0.3) is 0 Å². The molecule has 0 aromatic carbocycles. The standard InChI is InChI=1S/C4H13N6PS/c1-8(5)11(12)9(2)6-4-7-10(11)3/h4H,5H2,1-3H3,(H,6,7). The molecule has 1 rings (SSSR count). The lowest BCUT2D eigenvalue weighted by Gasteiger charge is -2.42. The zero-order chi connectivity index (χ0) is 9.35. The first-order valence-corrected chi connectivity index (χ1v) is 6.01. The van der Waals surface area contributed by atoms with Gasteiger partial charge in [0, 0.05) is 21.1 Å². The summed E-state index contributed by atoms with van der Waals surface area (Å²) in [6, 6.07) is 0. The van der Waals surface area contributed by atoms with Gasteiger partial charge in [-0.25, -0.2) is 4.78 Å². The summed E-state index contributed by atoms with van der Waals surface area (Å²) < 4.78 is 5.03. The summed E-state index contributed by atoms with van der Waals surface area (Å²) in [6.07, 6.45) is 1.58. The Labute approximate surface area is 77.1 Å². The third-order valence-electron chi connectivity index (χ3n) is 1.65. The zero-order valence-corrected chi connectivity index (χ0v) is 9.01. The maximum atomic E-state index is 5.66. The lowest BCUT2D eigenvalue weighted by molar-refractivity contribution is 0.361. The van der Waals surface area contributed by atoms with Crippen LogP contribution >= 0.6 is 6.49 Å². The van der Waals surface area contributed by atoms with Crippen LogP contribution in [0.25, 0.3) is 0 Å². The van der Waals surface area contributed by atoms with Gasteiger partial charge in [-0.1, -0.05) is 0 Å². The van der Waals surface area contributed by atoms with Crippen molar-refractivity contribution in [2.24, 2.45) is 10.9 Å². The second-order valence-electron chi connectivity index (χ2n) is 2.47. The summed E-state index contributed by atoms with van der Waals surface area (Å²) in [5.41, 5.74) is 2.91. The van der Waals surface area contributed by atoms with Crippen LogP contribution in [0.5, 0.6) is 0 Å². The number of rotatable bonds is 1. The maximum Gasteiger partial charge on any atom is 0.215 e. The smallest absolute Gasteiger partial charge is 0.215 e. The molecule has 0 aromatic heterocycles. The molecule has 0 radical (unpaired) electrons. The predicted molar refractivity (Wildman–Crippen MR) is 53.4 cm³/mol. The van der Waals surface area contributed by atoms with Gasteiger partial charge in [0.05, 0.1) is 0 Å². The molecule has 0 bridgehead atoms. The normalized spacial score (nSPS) is 30.9. The number of nitrogens with two attached hydrogens (primary N) is 1. The summed E-state index contributed by atoms with van der Waals surface area (Å²) in [5, 5.41) is 4.03. The van der Waals surface area contributed by atoms with Crippen LogP contribution in [0.2, 0.25) is 0 Å². The first kappa shape index (κ1) is 9.88. The molecule has 0 spiro atoms. The van der Waals surface area contributed by atoms with Gasteiger partial charge in [0.2, 0.25) is 6.49 Å². The Morgan fingerprint density at radius 1 is 1.67 bits per heavy atom. The topological polar surface area (TPSA) is 60.1 Å². The van der Waals surface area contributed by atoms with Crippen LogP contribution in [0.1, 0.15) is 0 Å². The van der Waals surface area contributed by atoms with Crippen molar-refractivity contribution in [3.63, 3.8) is 0 Å². The van der Waals surface area contributed by atoms with Gasteiger partial charge >= 0.3 is 0 Å². The van der Waals surface area contributed by atoms with Crippen molar-refractivity contribution in [1.29, 1.82) is 0 Å². The molecule has 3 N–H and O–H groups in total. The fourth-order valence-electron chi connectivity index (χ4n) is 0.945. The van der Waals surface area contributed by atoms with Crippen LogP contribution in [0, 0.1) is 0 Å². The van der Waals surface area contributed by atoms with Gasteiger partial charge in [-0.15, -0.1) is 0 Å². The second kappa shape index (κ2) is 3.27. The SMILES string of the molecule is CN(N)P1(=S)N(C)N=CNN1C. The van der Waals surface area contributed by atoms with Crippen molar-refractivity contribution in [3.05, 3.63) is 0 Å². The molecule has 12 heavy (non-hydrogen) atoms. The Hall–Kier alpha value is -0.200. The number of nitrogens with one attached hydrogen (secondary N) is 1.